The second-order valence-corrected chi connectivity index (χ2v) is 3.71. The van der Waals surface area contributed by atoms with Crippen LogP contribution in [0.1, 0.15) is 11.5 Å². The molecule has 0 saturated heterocycles. The molecule has 1 heterocycles. The van der Waals surface area contributed by atoms with Crippen molar-refractivity contribution < 1.29 is 4.39 Å². The predicted octanol–water partition coefficient (Wildman–Crippen LogP) is 1.99. The summed E-state index contributed by atoms with van der Waals surface area (Å²) in [6.07, 6.45) is 0. The number of hydrogen-bond donors (Lipinski definition) is 1. The average molecular weight is 219 g/mol. The second kappa shape index (κ2) is 4.06. The fourth-order valence-electron chi connectivity index (χ4n) is 1.90. The Morgan fingerprint density at radius 2 is 2.06 bits per heavy atom. The molecule has 0 aliphatic heterocycles. The Hall–Kier alpha value is -1.68. The molecule has 4 heteroatoms. The first kappa shape index (κ1) is 10.8. The molecule has 0 amide bonds. The molecule has 3 nitrogen and oxygen atoms in total. The van der Waals surface area contributed by atoms with Gasteiger partial charge in [0.25, 0.3) is 0 Å². The van der Waals surface area contributed by atoms with Crippen molar-refractivity contribution in [3.05, 3.63) is 41.6 Å². The number of aromatic nitrogens is 2. The molecule has 16 heavy (non-hydrogen) atoms. The molecule has 84 valence electrons. The van der Waals surface area contributed by atoms with E-state index in [1.54, 1.807) is 12.1 Å². The maximum Gasteiger partial charge on any atom is 0.132 e. The lowest BCUT2D eigenvalue weighted by molar-refractivity contribution is 0.629. The molecule has 0 aliphatic rings. The smallest absolute Gasteiger partial charge is 0.132 e. The Kier molecular flexibility index (Phi) is 2.75. The number of halogens is 1. The molecule has 1 aromatic heterocycles. The van der Waals surface area contributed by atoms with Gasteiger partial charge in [-0.25, -0.2) is 9.37 Å². The van der Waals surface area contributed by atoms with Crippen molar-refractivity contribution in [1.29, 1.82) is 0 Å². The highest BCUT2D eigenvalue weighted by atomic mass is 19.1. The Morgan fingerprint density at radius 3 is 2.62 bits per heavy atom. The van der Waals surface area contributed by atoms with Crippen molar-refractivity contribution in [2.45, 2.75) is 13.5 Å². The average Bonchev–Trinajstić information content (AvgIpc) is 2.55. The minimum absolute atomic E-state index is 0.239. The summed E-state index contributed by atoms with van der Waals surface area (Å²) in [4.78, 5) is 4.32. The van der Waals surface area contributed by atoms with E-state index >= 15 is 0 Å². The normalized spacial score (nSPS) is 10.8. The fraction of sp³-hybridized carbons (Fsp3) is 0.250. The number of benzene rings is 1. The predicted molar refractivity (Wildman–Crippen MR) is 61.2 cm³/mol. The number of hydrogen-bond acceptors (Lipinski definition) is 2. The van der Waals surface area contributed by atoms with Crippen LogP contribution in [0.3, 0.4) is 0 Å². The Bertz CT molecular complexity index is 517. The van der Waals surface area contributed by atoms with Crippen LogP contribution in [-0.2, 0) is 13.6 Å². The Balaban J connectivity index is 2.65. The lowest BCUT2D eigenvalue weighted by Crippen LogP contribution is -2.05. The highest BCUT2D eigenvalue weighted by molar-refractivity contribution is 5.63. The lowest BCUT2D eigenvalue weighted by Gasteiger charge is -2.06. The van der Waals surface area contributed by atoms with Gasteiger partial charge in [-0.05, 0) is 19.1 Å². The molecule has 0 spiro atoms. The Morgan fingerprint density at radius 1 is 1.38 bits per heavy atom. The van der Waals surface area contributed by atoms with Crippen LogP contribution in [-0.4, -0.2) is 9.55 Å². The molecule has 2 N–H and O–H groups in total. The fourth-order valence-corrected chi connectivity index (χ4v) is 1.90. The van der Waals surface area contributed by atoms with Gasteiger partial charge in [0.05, 0.1) is 17.9 Å². The van der Waals surface area contributed by atoms with Crippen molar-refractivity contribution in [2.24, 2.45) is 12.8 Å². The van der Waals surface area contributed by atoms with Crippen molar-refractivity contribution in [1.82, 2.24) is 9.55 Å². The number of rotatable bonds is 2. The summed E-state index contributed by atoms with van der Waals surface area (Å²) >= 11 is 0. The standard InChI is InChI=1S/C12H14FN3/c1-8-12(16(2)11(7-14)15-8)9-5-3-4-6-10(9)13/h3-6H,7,14H2,1-2H3. The summed E-state index contributed by atoms with van der Waals surface area (Å²) in [6, 6.07) is 6.69. The van der Waals surface area contributed by atoms with Gasteiger partial charge in [-0.1, -0.05) is 12.1 Å². The minimum atomic E-state index is -0.239. The molecule has 0 fully saturated rings. The number of aryl methyl sites for hydroxylation is 1. The van der Waals surface area contributed by atoms with Gasteiger partial charge in [0, 0.05) is 12.6 Å². The van der Waals surface area contributed by atoms with Crippen LogP contribution in [0.4, 0.5) is 4.39 Å². The van der Waals surface area contributed by atoms with E-state index in [9.17, 15) is 4.39 Å². The van der Waals surface area contributed by atoms with Crippen molar-refractivity contribution in [3.8, 4) is 11.3 Å². The minimum Gasteiger partial charge on any atom is -0.330 e. The van der Waals surface area contributed by atoms with Crippen LogP contribution in [0.2, 0.25) is 0 Å². The Labute approximate surface area is 93.7 Å². The van der Waals surface area contributed by atoms with Crippen LogP contribution in [0.15, 0.2) is 24.3 Å². The molecule has 1 aromatic carbocycles. The summed E-state index contributed by atoms with van der Waals surface area (Å²) in [5.41, 5.74) is 7.73. The molecular weight excluding hydrogens is 205 g/mol. The van der Waals surface area contributed by atoms with Gasteiger partial charge in [0.2, 0.25) is 0 Å². The van der Waals surface area contributed by atoms with Crippen molar-refractivity contribution >= 4 is 0 Å². The van der Waals surface area contributed by atoms with Gasteiger partial charge in [-0.15, -0.1) is 0 Å². The highest BCUT2D eigenvalue weighted by Gasteiger charge is 2.14. The first-order chi connectivity index (χ1) is 7.65. The van der Waals surface area contributed by atoms with Crippen LogP contribution in [0.5, 0.6) is 0 Å². The van der Waals surface area contributed by atoms with Gasteiger partial charge in [-0.2, -0.15) is 0 Å². The summed E-state index contributed by atoms with van der Waals surface area (Å²) < 4.78 is 15.5. The van der Waals surface area contributed by atoms with Crippen molar-refractivity contribution in [2.75, 3.05) is 0 Å². The largest absolute Gasteiger partial charge is 0.330 e. The quantitative estimate of drug-likeness (QED) is 0.839. The summed E-state index contributed by atoms with van der Waals surface area (Å²) in [7, 11) is 1.85. The van der Waals surface area contributed by atoms with E-state index in [0.29, 0.717) is 12.1 Å². The zero-order valence-electron chi connectivity index (χ0n) is 9.37. The first-order valence-corrected chi connectivity index (χ1v) is 5.12. The van der Waals surface area contributed by atoms with Crippen LogP contribution >= 0.6 is 0 Å². The molecule has 0 aliphatic carbocycles. The van der Waals surface area contributed by atoms with E-state index in [0.717, 1.165) is 17.2 Å². The SMILES string of the molecule is Cc1nc(CN)n(C)c1-c1ccccc1F. The van der Waals surface area contributed by atoms with E-state index < -0.39 is 0 Å². The van der Waals surface area contributed by atoms with E-state index in [2.05, 4.69) is 4.98 Å². The van der Waals surface area contributed by atoms with Gasteiger partial charge in [-0.3, -0.25) is 0 Å². The number of nitrogens with zero attached hydrogens (tertiary/aromatic N) is 2. The number of imidazole rings is 1. The summed E-state index contributed by atoms with van der Waals surface area (Å²) in [6.45, 7) is 2.22. The van der Waals surface area contributed by atoms with E-state index in [1.165, 1.54) is 6.07 Å². The highest BCUT2D eigenvalue weighted by Crippen LogP contribution is 2.26. The molecule has 0 bridgehead atoms. The summed E-state index contributed by atoms with van der Waals surface area (Å²) in [5, 5.41) is 0. The maximum absolute atomic E-state index is 13.7. The third kappa shape index (κ3) is 1.61. The van der Waals surface area contributed by atoms with Gasteiger partial charge in [0.15, 0.2) is 0 Å². The monoisotopic (exact) mass is 219 g/mol. The molecule has 0 unspecified atom stereocenters. The molecule has 0 atom stereocenters. The summed E-state index contributed by atoms with van der Waals surface area (Å²) in [5.74, 6) is 0.521. The van der Waals surface area contributed by atoms with Gasteiger partial charge < -0.3 is 10.3 Å². The number of nitrogens with two attached hydrogens (primary N) is 1. The zero-order chi connectivity index (χ0) is 11.7. The van der Waals surface area contributed by atoms with Gasteiger partial charge >= 0.3 is 0 Å². The first-order valence-electron chi connectivity index (χ1n) is 5.12. The topological polar surface area (TPSA) is 43.8 Å². The van der Waals surface area contributed by atoms with Crippen LogP contribution in [0.25, 0.3) is 11.3 Å². The molecule has 2 aromatic rings. The third-order valence-electron chi connectivity index (χ3n) is 2.67. The van der Waals surface area contributed by atoms with Crippen LogP contribution < -0.4 is 5.73 Å². The van der Waals surface area contributed by atoms with Crippen LogP contribution in [0, 0.1) is 12.7 Å². The second-order valence-electron chi connectivity index (χ2n) is 3.71. The van der Waals surface area contributed by atoms with E-state index in [4.69, 9.17) is 5.73 Å². The van der Waals surface area contributed by atoms with E-state index in [-0.39, 0.29) is 5.82 Å². The van der Waals surface area contributed by atoms with Gasteiger partial charge in [0.1, 0.15) is 11.6 Å². The third-order valence-corrected chi connectivity index (χ3v) is 2.67. The molecule has 2 rings (SSSR count). The zero-order valence-corrected chi connectivity index (χ0v) is 9.37. The van der Waals surface area contributed by atoms with Crippen molar-refractivity contribution in [3.63, 3.8) is 0 Å². The maximum atomic E-state index is 13.7. The lowest BCUT2D eigenvalue weighted by atomic mass is 10.1. The molecule has 0 radical (unpaired) electrons. The molecule has 0 saturated carbocycles. The molecular formula is C12H14FN3. The van der Waals surface area contributed by atoms with E-state index in [1.807, 2.05) is 24.6 Å².